The monoisotopic (exact) mass is 334 g/mol. The molecule has 25 heavy (non-hydrogen) atoms. The molecule has 0 saturated heterocycles. The van der Waals surface area contributed by atoms with Crippen molar-refractivity contribution in [1.29, 1.82) is 0 Å². The Balaban J connectivity index is 1.61. The summed E-state index contributed by atoms with van der Waals surface area (Å²) < 4.78 is 5.87. The lowest BCUT2D eigenvalue weighted by molar-refractivity contribution is -0.114. The van der Waals surface area contributed by atoms with Gasteiger partial charge < -0.3 is 4.74 Å². The molecule has 3 rings (SSSR count). The summed E-state index contributed by atoms with van der Waals surface area (Å²) in [5.74, 6) is 1.15. The van der Waals surface area contributed by atoms with Crippen LogP contribution in [0.5, 0.6) is 5.75 Å². The van der Waals surface area contributed by atoms with Crippen LogP contribution in [0.4, 0.5) is 0 Å². The van der Waals surface area contributed by atoms with Gasteiger partial charge in [-0.25, -0.2) is 0 Å². The van der Waals surface area contributed by atoms with Crippen LogP contribution in [0.15, 0.2) is 48.5 Å². The van der Waals surface area contributed by atoms with Gasteiger partial charge in [-0.1, -0.05) is 37.3 Å². The molecule has 2 aromatic rings. The number of ketones is 2. The molecule has 0 unspecified atom stereocenters. The Morgan fingerprint density at radius 3 is 2.68 bits per heavy atom. The van der Waals surface area contributed by atoms with Crippen LogP contribution >= 0.6 is 0 Å². The predicted molar refractivity (Wildman–Crippen MR) is 98.8 cm³/mol. The minimum Gasteiger partial charge on any atom is -0.489 e. The SMILES string of the molecule is CCC(=O)/C=C/c1ccc(COc2ccc3c(c2)CCCC3=O)cc1. The molecule has 0 aliphatic heterocycles. The maximum absolute atomic E-state index is 11.9. The van der Waals surface area contributed by atoms with Crippen LogP contribution < -0.4 is 4.74 Å². The molecule has 0 fully saturated rings. The van der Waals surface area contributed by atoms with Gasteiger partial charge in [0.1, 0.15) is 12.4 Å². The van der Waals surface area contributed by atoms with E-state index in [1.165, 1.54) is 0 Å². The van der Waals surface area contributed by atoms with Crippen molar-refractivity contribution in [2.24, 2.45) is 0 Å². The fourth-order valence-electron chi connectivity index (χ4n) is 2.91. The van der Waals surface area contributed by atoms with Crippen LogP contribution in [0.2, 0.25) is 0 Å². The number of aryl methyl sites for hydroxylation is 1. The number of benzene rings is 2. The molecule has 0 radical (unpaired) electrons. The van der Waals surface area contributed by atoms with Gasteiger partial charge in [0.25, 0.3) is 0 Å². The molecule has 3 nitrogen and oxygen atoms in total. The zero-order chi connectivity index (χ0) is 17.6. The topological polar surface area (TPSA) is 43.4 Å². The molecular weight excluding hydrogens is 312 g/mol. The number of allylic oxidation sites excluding steroid dienone is 1. The first kappa shape index (κ1) is 17.2. The van der Waals surface area contributed by atoms with Crippen molar-refractivity contribution in [1.82, 2.24) is 0 Å². The molecular formula is C22H22O3. The number of hydrogen-bond acceptors (Lipinski definition) is 3. The van der Waals surface area contributed by atoms with E-state index in [1.807, 2.05) is 55.5 Å². The van der Waals surface area contributed by atoms with Crippen LogP contribution in [0.3, 0.4) is 0 Å². The maximum Gasteiger partial charge on any atom is 0.163 e. The molecule has 1 aliphatic rings. The van der Waals surface area contributed by atoms with Gasteiger partial charge in [0.15, 0.2) is 11.6 Å². The molecule has 0 atom stereocenters. The van der Waals surface area contributed by atoms with Gasteiger partial charge in [0.05, 0.1) is 0 Å². The van der Waals surface area contributed by atoms with Crippen molar-refractivity contribution < 1.29 is 14.3 Å². The summed E-state index contributed by atoms with van der Waals surface area (Å²) in [7, 11) is 0. The zero-order valence-electron chi connectivity index (χ0n) is 14.5. The molecule has 0 spiro atoms. The number of ether oxygens (including phenoxy) is 1. The van der Waals surface area contributed by atoms with E-state index in [1.54, 1.807) is 6.08 Å². The quantitative estimate of drug-likeness (QED) is 0.714. The van der Waals surface area contributed by atoms with Gasteiger partial charge in [0.2, 0.25) is 0 Å². The largest absolute Gasteiger partial charge is 0.489 e. The van der Waals surface area contributed by atoms with Crippen LogP contribution in [0.1, 0.15) is 53.2 Å². The Kier molecular flexibility index (Phi) is 5.44. The molecule has 0 amide bonds. The van der Waals surface area contributed by atoms with E-state index < -0.39 is 0 Å². The second kappa shape index (κ2) is 7.93. The highest BCUT2D eigenvalue weighted by Crippen LogP contribution is 2.26. The Bertz CT molecular complexity index is 801. The Morgan fingerprint density at radius 1 is 1.12 bits per heavy atom. The lowest BCUT2D eigenvalue weighted by atomic mass is 9.90. The standard InChI is InChI=1S/C22H22O3/c1-2-19(23)11-10-16-6-8-17(9-7-16)15-25-20-12-13-21-18(14-20)4-3-5-22(21)24/h6-14H,2-5,15H2,1H3/b11-10+. The normalized spacial score (nSPS) is 13.7. The van der Waals surface area contributed by atoms with Crippen LogP contribution in [0.25, 0.3) is 6.08 Å². The van der Waals surface area contributed by atoms with Gasteiger partial charge in [-0.15, -0.1) is 0 Å². The third kappa shape index (κ3) is 4.44. The van der Waals surface area contributed by atoms with E-state index in [0.29, 0.717) is 19.4 Å². The second-order valence-corrected chi connectivity index (χ2v) is 6.28. The maximum atomic E-state index is 11.9. The van der Waals surface area contributed by atoms with E-state index in [2.05, 4.69) is 0 Å². The van der Waals surface area contributed by atoms with Crippen molar-refractivity contribution >= 4 is 17.6 Å². The third-order valence-electron chi connectivity index (χ3n) is 4.42. The highest BCUT2D eigenvalue weighted by atomic mass is 16.5. The molecule has 0 aromatic heterocycles. The molecule has 0 heterocycles. The van der Waals surface area contributed by atoms with E-state index >= 15 is 0 Å². The summed E-state index contributed by atoms with van der Waals surface area (Å²) in [6, 6.07) is 13.7. The summed E-state index contributed by atoms with van der Waals surface area (Å²) in [5.41, 5.74) is 4.00. The number of hydrogen-bond donors (Lipinski definition) is 0. The fraction of sp³-hybridized carbons (Fsp3) is 0.273. The summed E-state index contributed by atoms with van der Waals surface area (Å²) in [4.78, 5) is 23.2. The minimum absolute atomic E-state index is 0.123. The summed E-state index contributed by atoms with van der Waals surface area (Å²) in [5, 5.41) is 0. The summed E-state index contributed by atoms with van der Waals surface area (Å²) in [6.45, 7) is 2.33. The minimum atomic E-state index is 0.123. The number of carbonyl (C=O) groups is 2. The zero-order valence-corrected chi connectivity index (χ0v) is 14.5. The van der Waals surface area contributed by atoms with Crippen LogP contribution in [-0.4, -0.2) is 11.6 Å². The van der Waals surface area contributed by atoms with Crippen LogP contribution in [0, 0.1) is 0 Å². The van der Waals surface area contributed by atoms with Gasteiger partial charge in [-0.2, -0.15) is 0 Å². The fourth-order valence-corrected chi connectivity index (χ4v) is 2.91. The smallest absolute Gasteiger partial charge is 0.163 e. The number of carbonyl (C=O) groups excluding carboxylic acids is 2. The molecule has 128 valence electrons. The molecule has 0 bridgehead atoms. The highest BCUT2D eigenvalue weighted by Gasteiger charge is 2.17. The van der Waals surface area contributed by atoms with Crippen molar-refractivity contribution in [2.75, 3.05) is 0 Å². The van der Waals surface area contributed by atoms with Crippen molar-refractivity contribution in [2.45, 2.75) is 39.2 Å². The van der Waals surface area contributed by atoms with Crippen molar-refractivity contribution in [3.63, 3.8) is 0 Å². The van der Waals surface area contributed by atoms with E-state index in [-0.39, 0.29) is 11.6 Å². The van der Waals surface area contributed by atoms with E-state index in [0.717, 1.165) is 40.8 Å². The highest BCUT2D eigenvalue weighted by molar-refractivity contribution is 5.98. The predicted octanol–water partition coefficient (Wildman–Crippen LogP) is 4.78. The first-order valence-electron chi connectivity index (χ1n) is 8.74. The van der Waals surface area contributed by atoms with E-state index in [4.69, 9.17) is 4.74 Å². The van der Waals surface area contributed by atoms with E-state index in [9.17, 15) is 9.59 Å². The average molecular weight is 334 g/mol. The van der Waals surface area contributed by atoms with Gasteiger partial charge in [-0.05, 0) is 53.8 Å². The lowest BCUT2D eigenvalue weighted by Crippen LogP contribution is -2.10. The van der Waals surface area contributed by atoms with Gasteiger partial charge >= 0.3 is 0 Å². The molecule has 2 aromatic carbocycles. The summed E-state index contributed by atoms with van der Waals surface area (Å²) >= 11 is 0. The van der Waals surface area contributed by atoms with Gasteiger partial charge in [0, 0.05) is 18.4 Å². The Hall–Kier alpha value is -2.68. The number of Topliss-reactive ketones (excluding diaryl/α,β-unsaturated/α-hetero) is 1. The molecule has 0 N–H and O–H groups in total. The summed E-state index contributed by atoms with van der Waals surface area (Å²) in [6.07, 6.45) is 6.48. The van der Waals surface area contributed by atoms with Crippen molar-refractivity contribution in [3.05, 3.63) is 70.8 Å². The Labute approximate surface area is 148 Å². The Morgan fingerprint density at radius 2 is 1.92 bits per heavy atom. The second-order valence-electron chi connectivity index (χ2n) is 6.28. The molecule has 3 heteroatoms. The van der Waals surface area contributed by atoms with Crippen molar-refractivity contribution in [3.8, 4) is 5.75 Å². The first-order chi connectivity index (χ1) is 12.2. The molecule has 1 aliphatic carbocycles. The third-order valence-corrected chi connectivity index (χ3v) is 4.42. The number of fused-ring (bicyclic) bond motifs is 1. The molecule has 0 saturated carbocycles. The average Bonchev–Trinajstić information content (AvgIpc) is 2.65. The first-order valence-corrected chi connectivity index (χ1v) is 8.74. The number of rotatable bonds is 6. The van der Waals surface area contributed by atoms with Gasteiger partial charge in [-0.3, -0.25) is 9.59 Å². The van der Waals surface area contributed by atoms with Crippen LogP contribution in [-0.2, 0) is 17.8 Å². The lowest BCUT2D eigenvalue weighted by Gasteiger charge is -2.16.